The molecule has 6 rings (SSSR count). The fourth-order valence-corrected chi connectivity index (χ4v) is 7.98. The first-order valence-electron chi connectivity index (χ1n) is 19.9. The summed E-state index contributed by atoms with van der Waals surface area (Å²) >= 11 is 0. The van der Waals surface area contributed by atoms with Gasteiger partial charge in [-0.3, -0.25) is 9.59 Å². The number of alkyl halides is 2. The van der Waals surface area contributed by atoms with Gasteiger partial charge in [-0.1, -0.05) is 76.2 Å². The summed E-state index contributed by atoms with van der Waals surface area (Å²) in [6.07, 6.45) is 2.34. The van der Waals surface area contributed by atoms with Crippen molar-refractivity contribution < 1.29 is 42.2 Å². The van der Waals surface area contributed by atoms with E-state index >= 15 is 0 Å². The standard InChI is InChI=1S/C43H53F2N7O7/c1-24(2)36(49-42(55)57-5)39(53)51-19-7-8-34(51)32-18-17-31(47-32)29-13-9-27(10-14-29)28-11-15-30(16-12-28)33-21-46-38(48-33)35-20-26(23-59-41(44)45)22-52(35)40(54)37(25(3)4)50-43(56)58-6/h9-18,21,24-26,34-37,41,47H,7-8,19-20,22-23H2,1-6H3,(H,46,48)(H,49,55)(H,50,56)/t26-,34-,35-,36-,37-/m0/s1. The Bertz CT molecular complexity index is 2070. The van der Waals surface area contributed by atoms with Crippen LogP contribution in [0.5, 0.6) is 0 Å². The van der Waals surface area contributed by atoms with Crippen molar-refractivity contribution in [1.29, 1.82) is 0 Å². The van der Waals surface area contributed by atoms with Crippen molar-refractivity contribution in [2.75, 3.05) is 33.9 Å². The lowest BCUT2D eigenvalue weighted by Crippen LogP contribution is -2.51. The molecule has 59 heavy (non-hydrogen) atoms. The number of rotatable bonds is 14. The third kappa shape index (κ3) is 9.92. The van der Waals surface area contributed by atoms with Crippen LogP contribution in [0.1, 0.15) is 70.6 Å². The van der Waals surface area contributed by atoms with Gasteiger partial charge in [0.25, 0.3) is 0 Å². The molecule has 316 valence electrons. The van der Waals surface area contributed by atoms with Gasteiger partial charge in [-0.15, -0.1) is 0 Å². The molecule has 16 heteroatoms. The van der Waals surface area contributed by atoms with Crippen LogP contribution in [0, 0.1) is 17.8 Å². The molecule has 2 aliphatic heterocycles. The topological polar surface area (TPSA) is 171 Å². The maximum Gasteiger partial charge on any atom is 0.407 e. The highest BCUT2D eigenvalue weighted by Gasteiger charge is 2.42. The molecule has 2 fully saturated rings. The number of imidazole rings is 1. The van der Waals surface area contributed by atoms with Crippen LogP contribution < -0.4 is 10.6 Å². The van der Waals surface area contributed by atoms with Crippen molar-refractivity contribution in [2.24, 2.45) is 17.8 Å². The molecule has 0 saturated carbocycles. The fraction of sp³-hybridized carbons (Fsp3) is 0.465. The van der Waals surface area contributed by atoms with Gasteiger partial charge in [-0.25, -0.2) is 14.6 Å². The molecule has 2 saturated heterocycles. The predicted octanol–water partition coefficient (Wildman–Crippen LogP) is 7.29. The lowest BCUT2D eigenvalue weighted by atomic mass is 10.0. The van der Waals surface area contributed by atoms with Crippen molar-refractivity contribution in [3.05, 3.63) is 78.4 Å². The quantitative estimate of drug-likeness (QED) is 0.103. The first kappa shape index (κ1) is 42.8. The molecule has 5 atom stereocenters. The molecule has 0 aliphatic carbocycles. The van der Waals surface area contributed by atoms with E-state index < -0.39 is 36.9 Å². The van der Waals surface area contributed by atoms with Crippen molar-refractivity contribution in [2.45, 2.75) is 77.7 Å². The van der Waals surface area contributed by atoms with Crippen molar-refractivity contribution in [1.82, 2.24) is 35.4 Å². The molecular formula is C43H53F2N7O7. The zero-order valence-electron chi connectivity index (χ0n) is 34.2. The summed E-state index contributed by atoms with van der Waals surface area (Å²) in [6, 6.07) is 18.0. The van der Waals surface area contributed by atoms with E-state index in [0.29, 0.717) is 18.8 Å². The van der Waals surface area contributed by atoms with Gasteiger partial charge in [-0.2, -0.15) is 8.78 Å². The van der Waals surface area contributed by atoms with E-state index in [4.69, 9.17) is 9.47 Å². The Morgan fingerprint density at radius 2 is 1.29 bits per heavy atom. The average Bonchev–Trinajstić information content (AvgIpc) is 4.07. The normalized spacial score (nSPS) is 19.0. The van der Waals surface area contributed by atoms with Gasteiger partial charge in [0.1, 0.15) is 17.9 Å². The van der Waals surface area contributed by atoms with Gasteiger partial charge >= 0.3 is 18.8 Å². The number of H-pyrrole nitrogens is 2. The number of hydrogen-bond donors (Lipinski definition) is 4. The molecule has 4 amide bonds. The number of nitrogens with zero attached hydrogens (tertiary/aromatic N) is 3. The number of carbonyl (C=O) groups excluding carboxylic acids is 4. The van der Waals surface area contributed by atoms with E-state index in [0.717, 1.165) is 52.2 Å². The highest BCUT2D eigenvalue weighted by molar-refractivity contribution is 5.87. The highest BCUT2D eigenvalue weighted by atomic mass is 19.3. The van der Waals surface area contributed by atoms with E-state index in [1.165, 1.54) is 14.2 Å². The maximum atomic E-state index is 13.8. The number of carbonyl (C=O) groups is 4. The molecular weight excluding hydrogens is 765 g/mol. The molecule has 0 spiro atoms. The van der Waals surface area contributed by atoms with Crippen LogP contribution in [0.15, 0.2) is 66.9 Å². The molecule has 2 aliphatic rings. The maximum absolute atomic E-state index is 13.8. The molecule has 4 heterocycles. The van der Waals surface area contributed by atoms with Crippen LogP contribution in [0.2, 0.25) is 0 Å². The Balaban J connectivity index is 1.13. The number of nitrogens with one attached hydrogen (secondary N) is 4. The molecule has 2 aromatic heterocycles. The van der Waals surface area contributed by atoms with Gasteiger partial charge in [0.05, 0.1) is 44.8 Å². The van der Waals surface area contributed by atoms with E-state index in [1.807, 2.05) is 67.3 Å². The first-order chi connectivity index (χ1) is 28.3. The molecule has 4 N–H and O–H groups in total. The number of likely N-dealkylation sites (tertiary alicyclic amines) is 2. The van der Waals surface area contributed by atoms with Gasteiger partial charge in [-0.05, 0) is 65.5 Å². The van der Waals surface area contributed by atoms with Gasteiger partial charge in [0.15, 0.2) is 0 Å². The number of alkyl carbamates (subject to hydrolysis) is 2. The minimum atomic E-state index is -2.93. The summed E-state index contributed by atoms with van der Waals surface area (Å²) in [5.41, 5.74) is 6.46. The molecule has 0 unspecified atom stereocenters. The van der Waals surface area contributed by atoms with E-state index in [9.17, 15) is 28.0 Å². The van der Waals surface area contributed by atoms with Crippen LogP contribution in [0.4, 0.5) is 18.4 Å². The Hall–Kier alpha value is -5.77. The zero-order chi connectivity index (χ0) is 42.4. The Labute approximate surface area is 342 Å². The molecule has 0 bridgehead atoms. The summed E-state index contributed by atoms with van der Waals surface area (Å²) in [6.45, 7) is 5.01. The smallest absolute Gasteiger partial charge is 0.407 e. The Morgan fingerprint density at radius 3 is 1.83 bits per heavy atom. The second-order valence-corrected chi connectivity index (χ2v) is 15.8. The molecule has 0 radical (unpaired) electrons. The largest absolute Gasteiger partial charge is 0.453 e. The predicted molar refractivity (Wildman–Crippen MR) is 216 cm³/mol. The Kier molecular flexibility index (Phi) is 13.7. The van der Waals surface area contributed by atoms with Gasteiger partial charge in [0.2, 0.25) is 11.8 Å². The van der Waals surface area contributed by atoms with Crippen LogP contribution in [0.3, 0.4) is 0 Å². The summed E-state index contributed by atoms with van der Waals surface area (Å²) < 4.78 is 40.0. The first-order valence-corrected chi connectivity index (χ1v) is 19.9. The molecule has 14 nitrogen and oxygen atoms in total. The van der Waals surface area contributed by atoms with Crippen molar-refractivity contribution >= 4 is 24.0 Å². The zero-order valence-corrected chi connectivity index (χ0v) is 34.2. The van der Waals surface area contributed by atoms with Gasteiger partial charge < -0.3 is 44.6 Å². The number of benzene rings is 2. The third-order valence-corrected chi connectivity index (χ3v) is 11.2. The summed E-state index contributed by atoms with van der Waals surface area (Å²) in [5.74, 6) is -0.724. The monoisotopic (exact) mass is 817 g/mol. The van der Waals surface area contributed by atoms with Crippen molar-refractivity contribution in [3.8, 4) is 33.6 Å². The average molecular weight is 818 g/mol. The number of halogens is 2. The van der Waals surface area contributed by atoms with E-state index in [-0.39, 0.29) is 48.8 Å². The van der Waals surface area contributed by atoms with E-state index in [1.54, 1.807) is 24.9 Å². The summed E-state index contributed by atoms with van der Waals surface area (Å²) in [5, 5.41) is 5.31. The number of ether oxygens (including phenoxy) is 3. The Morgan fingerprint density at radius 1 is 0.746 bits per heavy atom. The third-order valence-electron chi connectivity index (χ3n) is 11.2. The second kappa shape index (κ2) is 18.9. The van der Waals surface area contributed by atoms with Crippen LogP contribution in [-0.4, -0.2) is 101 Å². The second-order valence-electron chi connectivity index (χ2n) is 15.8. The summed E-state index contributed by atoms with van der Waals surface area (Å²) in [7, 11) is 2.50. The number of methoxy groups -OCH3 is 2. The fourth-order valence-electron chi connectivity index (χ4n) is 7.98. The minimum Gasteiger partial charge on any atom is -0.453 e. The van der Waals surface area contributed by atoms with Crippen LogP contribution in [0.25, 0.3) is 33.6 Å². The number of amides is 4. The highest BCUT2D eigenvalue weighted by Crippen LogP contribution is 2.38. The SMILES string of the molecule is COC(=O)N[C@H](C(=O)N1CCC[C@H]1c1ccc(-c2ccc(-c3ccc(-c4cnc([C@@H]5C[C@H](COC(F)F)CN5C(=O)[C@@H](NC(=O)OC)C(C)C)[nH]4)cc3)cc2)[nH]1)C(C)C. The van der Waals surface area contributed by atoms with Gasteiger partial charge in [0, 0.05) is 30.4 Å². The number of hydrogen-bond acceptors (Lipinski definition) is 8. The van der Waals surface area contributed by atoms with Crippen LogP contribution >= 0.6 is 0 Å². The number of aromatic amines is 2. The molecule has 2 aromatic carbocycles. The number of aromatic nitrogens is 3. The minimum absolute atomic E-state index is 0.107. The lowest BCUT2D eigenvalue weighted by molar-refractivity contribution is -0.139. The lowest BCUT2D eigenvalue weighted by Gasteiger charge is -2.30. The molecule has 4 aromatic rings. The van der Waals surface area contributed by atoms with Crippen LogP contribution in [-0.2, 0) is 23.8 Å². The van der Waals surface area contributed by atoms with E-state index in [2.05, 4.69) is 42.5 Å². The summed E-state index contributed by atoms with van der Waals surface area (Å²) in [4.78, 5) is 66.3. The van der Waals surface area contributed by atoms with Crippen molar-refractivity contribution in [3.63, 3.8) is 0 Å².